The Hall–Kier alpha value is -1.32. The molecule has 4 nitrogen and oxygen atoms in total. The van der Waals surface area contributed by atoms with Crippen molar-refractivity contribution in [2.24, 2.45) is 0 Å². The van der Waals surface area contributed by atoms with Gasteiger partial charge in [0, 0.05) is 25.2 Å². The molecule has 0 radical (unpaired) electrons. The van der Waals surface area contributed by atoms with E-state index in [1.807, 2.05) is 6.92 Å². The highest BCUT2D eigenvalue weighted by atomic mass is 15.2. The fraction of sp³-hybridized carbons (Fsp3) is 0.750. The van der Waals surface area contributed by atoms with Crippen LogP contribution in [0.15, 0.2) is 6.07 Å². The van der Waals surface area contributed by atoms with E-state index in [4.69, 9.17) is 0 Å². The van der Waals surface area contributed by atoms with Gasteiger partial charge in [-0.15, -0.1) is 0 Å². The summed E-state index contributed by atoms with van der Waals surface area (Å²) in [6.45, 7) is 8.54. The first-order chi connectivity index (χ1) is 9.72. The van der Waals surface area contributed by atoms with Crippen molar-refractivity contribution in [2.75, 3.05) is 23.3 Å². The van der Waals surface area contributed by atoms with Crippen molar-refractivity contribution in [1.82, 2.24) is 9.97 Å². The molecule has 0 unspecified atom stereocenters. The van der Waals surface area contributed by atoms with E-state index in [0.717, 1.165) is 43.4 Å². The Morgan fingerprint density at radius 2 is 1.80 bits per heavy atom. The summed E-state index contributed by atoms with van der Waals surface area (Å²) in [5.74, 6) is 2.93. The van der Waals surface area contributed by atoms with Crippen molar-refractivity contribution < 1.29 is 0 Å². The normalized spacial score (nSPS) is 15.6. The molecular weight excluding hydrogens is 248 g/mol. The third-order valence-corrected chi connectivity index (χ3v) is 3.84. The lowest BCUT2D eigenvalue weighted by atomic mass is 10.2. The van der Waals surface area contributed by atoms with E-state index in [0.29, 0.717) is 6.04 Å². The summed E-state index contributed by atoms with van der Waals surface area (Å²) in [5, 5.41) is 3.58. The van der Waals surface area contributed by atoms with Gasteiger partial charge in [0.1, 0.15) is 17.5 Å². The molecule has 0 saturated heterocycles. The molecular formula is C16H28N4. The average molecular weight is 276 g/mol. The minimum atomic E-state index is 0.600. The van der Waals surface area contributed by atoms with E-state index >= 15 is 0 Å². The summed E-state index contributed by atoms with van der Waals surface area (Å²) < 4.78 is 0. The van der Waals surface area contributed by atoms with Gasteiger partial charge < -0.3 is 10.2 Å². The zero-order valence-electron chi connectivity index (χ0n) is 13.2. The second-order valence-corrected chi connectivity index (χ2v) is 5.77. The number of hydrogen-bond acceptors (Lipinski definition) is 4. The maximum Gasteiger partial charge on any atom is 0.134 e. The molecule has 20 heavy (non-hydrogen) atoms. The first kappa shape index (κ1) is 15.1. The van der Waals surface area contributed by atoms with Crippen molar-refractivity contribution in [3.8, 4) is 0 Å². The van der Waals surface area contributed by atoms with Gasteiger partial charge in [0.15, 0.2) is 0 Å². The fourth-order valence-corrected chi connectivity index (χ4v) is 2.95. The smallest absolute Gasteiger partial charge is 0.134 e. The monoisotopic (exact) mass is 276 g/mol. The molecule has 112 valence electrons. The van der Waals surface area contributed by atoms with Crippen molar-refractivity contribution >= 4 is 11.6 Å². The Balaban J connectivity index is 2.13. The maximum atomic E-state index is 4.62. The van der Waals surface area contributed by atoms with Crippen LogP contribution in [0, 0.1) is 6.92 Å². The number of rotatable bonds is 7. The molecule has 1 aliphatic carbocycles. The fourth-order valence-electron chi connectivity index (χ4n) is 2.95. The van der Waals surface area contributed by atoms with E-state index in [1.54, 1.807) is 0 Å². The standard InChI is InChI=1S/C16H28N4/c1-4-10-20(11-5-2)16-12-15(17-13(3)18-16)19-14-8-6-7-9-14/h12,14H,4-11H2,1-3H3,(H,17,18,19). The van der Waals surface area contributed by atoms with Gasteiger partial charge in [-0.2, -0.15) is 0 Å². The average Bonchev–Trinajstić information content (AvgIpc) is 2.90. The van der Waals surface area contributed by atoms with E-state index < -0.39 is 0 Å². The lowest BCUT2D eigenvalue weighted by molar-refractivity contribution is 0.725. The van der Waals surface area contributed by atoms with Gasteiger partial charge in [-0.1, -0.05) is 26.7 Å². The SMILES string of the molecule is CCCN(CCC)c1cc(NC2CCCC2)nc(C)n1. The minimum Gasteiger partial charge on any atom is -0.367 e. The van der Waals surface area contributed by atoms with Crippen LogP contribution in [0.25, 0.3) is 0 Å². The van der Waals surface area contributed by atoms with Gasteiger partial charge in [0.05, 0.1) is 0 Å². The lowest BCUT2D eigenvalue weighted by Crippen LogP contribution is -2.26. The van der Waals surface area contributed by atoms with Gasteiger partial charge in [0.25, 0.3) is 0 Å². The van der Waals surface area contributed by atoms with Gasteiger partial charge in [-0.3, -0.25) is 0 Å². The van der Waals surface area contributed by atoms with Crippen LogP contribution in [0.4, 0.5) is 11.6 Å². The first-order valence-electron chi connectivity index (χ1n) is 8.10. The van der Waals surface area contributed by atoms with Gasteiger partial charge in [-0.05, 0) is 32.6 Å². The Bertz CT molecular complexity index is 407. The van der Waals surface area contributed by atoms with Crippen molar-refractivity contribution in [2.45, 2.75) is 65.3 Å². The largest absolute Gasteiger partial charge is 0.367 e. The zero-order valence-corrected chi connectivity index (χ0v) is 13.2. The van der Waals surface area contributed by atoms with Crippen molar-refractivity contribution in [3.63, 3.8) is 0 Å². The summed E-state index contributed by atoms with van der Waals surface area (Å²) in [4.78, 5) is 11.5. The molecule has 0 spiro atoms. The highest BCUT2D eigenvalue weighted by Crippen LogP contribution is 2.23. The molecule has 1 fully saturated rings. The van der Waals surface area contributed by atoms with E-state index in [2.05, 4.69) is 40.1 Å². The van der Waals surface area contributed by atoms with Crippen LogP contribution < -0.4 is 10.2 Å². The second kappa shape index (κ2) is 7.46. The molecule has 0 atom stereocenters. The summed E-state index contributed by atoms with van der Waals surface area (Å²) in [6.07, 6.45) is 7.51. The quantitative estimate of drug-likeness (QED) is 0.823. The first-order valence-corrected chi connectivity index (χ1v) is 8.10. The molecule has 0 amide bonds. The summed E-state index contributed by atoms with van der Waals surface area (Å²) in [7, 11) is 0. The molecule has 1 aromatic rings. The lowest BCUT2D eigenvalue weighted by Gasteiger charge is -2.24. The van der Waals surface area contributed by atoms with Crippen LogP contribution in [0.1, 0.15) is 58.2 Å². The van der Waals surface area contributed by atoms with Gasteiger partial charge in [0.2, 0.25) is 0 Å². The van der Waals surface area contributed by atoms with E-state index in [-0.39, 0.29) is 0 Å². The van der Waals surface area contributed by atoms with Crippen LogP contribution in [-0.2, 0) is 0 Å². The molecule has 1 N–H and O–H groups in total. The maximum absolute atomic E-state index is 4.62. The molecule has 2 rings (SSSR count). The highest BCUT2D eigenvalue weighted by Gasteiger charge is 2.16. The highest BCUT2D eigenvalue weighted by molar-refractivity contribution is 5.50. The number of aryl methyl sites for hydroxylation is 1. The molecule has 0 aliphatic heterocycles. The minimum absolute atomic E-state index is 0.600. The van der Waals surface area contributed by atoms with Gasteiger partial charge in [-0.25, -0.2) is 9.97 Å². The van der Waals surface area contributed by atoms with Gasteiger partial charge >= 0.3 is 0 Å². The predicted molar refractivity (Wildman–Crippen MR) is 85.4 cm³/mol. The number of aromatic nitrogens is 2. The van der Waals surface area contributed by atoms with Crippen LogP contribution >= 0.6 is 0 Å². The Morgan fingerprint density at radius 1 is 1.15 bits per heavy atom. The van der Waals surface area contributed by atoms with Crippen LogP contribution in [-0.4, -0.2) is 29.1 Å². The predicted octanol–water partition coefficient (Wildman–Crippen LogP) is 3.77. The summed E-state index contributed by atoms with van der Waals surface area (Å²) in [5.41, 5.74) is 0. The number of nitrogens with one attached hydrogen (secondary N) is 1. The van der Waals surface area contributed by atoms with Crippen molar-refractivity contribution in [1.29, 1.82) is 0 Å². The molecule has 0 aromatic carbocycles. The number of anilines is 2. The molecule has 1 aromatic heterocycles. The molecule has 1 heterocycles. The van der Waals surface area contributed by atoms with Crippen molar-refractivity contribution in [3.05, 3.63) is 11.9 Å². The summed E-state index contributed by atoms with van der Waals surface area (Å²) >= 11 is 0. The van der Waals surface area contributed by atoms with E-state index in [1.165, 1.54) is 25.7 Å². The number of nitrogens with zero attached hydrogens (tertiary/aromatic N) is 3. The molecule has 0 bridgehead atoms. The molecule has 1 aliphatic rings. The van der Waals surface area contributed by atoms with E-state index in [9.17, 15) is 0 Å². The Kier molecular flexibility index (Phi) is 5.62. The summed E-state index contributed by atoms with van der Waals surface area (Å²) in [6, 6.07) is 2.72. The molecule has 4 heteroatoms. The van der Waals surface area contributed by atoms with Crippen LogP contribution in [0.2, 0.25) is 0 Å². The van der Waals surface area contributed by atoms with Crippen LogP contribution in [0.3, 0.4) is 0 Å². The number of hydrogen-bond donors (Lipinski definition) is 1. The zero-order chi connectivity index (χ0) is 14.4. The Labute approximate surface area is 123 Å². The third-order valence-electron chi connectivity index (χ3n) is 3.84. The Morgan fingerprint density at radius 3 is 2.40 bits per heavy atom. The van der Waals surface area contributed by atoms with Crippen LogP contribution in [0.5, 0.6) is 0 Å². The molecule has 1 saturated carbocycles. The second-order valence-electron chi connectivity index (χ2n) is 5.77. The third kappa shape index (κ3) is 4.09. The topological polar surface area (TPSA) is 41.0 Å².